The fourth-order valence-corrected chi connectivity index (χ4v) is 2.48. The van der Waals surface area contributed by atoms with Gasteiger partial charge in [-0.25, -0.2) is 0 Å². The second kappa shape index (κ2) is 5.90. The van der Waals surface area contributed by atoms with Gasteiger partial charge in [0.1, 0.15) is 11.5 Å². The fraction of sp³-hybridized carbons (Fsp3) is 0.235. The zero-order chi connectivity index (χ0) is 14.8. The molecule has 4 heteroatoms. The third kappa shape index (κ3) is 3.27. The van der Waals surface area contributed by atoms with E-state index in [2.05, 4.69) is 15.9 Å². The third-order valence-electron chi connectivity index (χ3n) is 3.34. The van der Waals surface area contributed by atoms with E-state index in [0.29, 0.717) is 23.0 Å². The number of rotatable bonds is 5. The van der Waals surface area contributed by atoms with Crippen molar-refractivity contribution < 1.29 is 14.3 Å². The number of carbonyl (C=O) groups is 1. The van der Waals surface area contributed by atoms with Gasteiger partial charge in [0.15, 0.2) is 5.78 Å². The second-order valence-electron chi connectivity index (χ2n) is 5.02. The highest BCUT2D eigenvalue weighted by atomic mass is 79.9. The molecular weight excluding hydrogens is 332 g/mol. The van der Waals surface area contributed by atoms with Crippen molar-refractivity contribution in [1.29, 1.82) is 0 Å². The maximum absolute atomic E-state index is 12.6. The van der Waals surface area contributed by atoms with Crippen LogP contribution in [-0.4, -0.2) is 19.0 Å². The first-order valence-corrected chi connectivity index (χ1v) is 7.61. The van der Waals surface area contributed by atoms with Gasteiger partial charge < -0.3 is 9.47 Å². The van der Waals surface area contributed by atoms with E-state index in [0.717, 1.165) is 23.1 Å². The Bertz CT molecular complexity index is 677. The predicted molar refractivity (Wildman–Crippen MR) is 84.2 cm³/mol. The molecule has 0 bridgehead atoms. The SMILES string of the molecule is COc1ccc(Br)c(C(=O)c2cccc(OC3CC3)c2)c1. The number of halogens is 1. The van der Waals surface area contributed by atoms with Gasteiger partial charge in [-0.3, -0.25) is 4.79 Å². The summed E-state index contributed by atoms with van der Waals surface area (Å²) in [5, 5.41) is 0. The fourth-order valence-electron chi connectivity index (χ4n) is 2.05. The van der Waals surface area contributed by atoms with Gasteiger partial charge in [-0.05, 0) is 43.2 Å². The van der Waals surface area contributed by atoms with Crippen LogP contribution >= 0.6 is 15.9 Å². The van der Waals surface area contributed by atoms with Crippen molar-refractivity contribution in [3.63, 3.8) is 0 Å². The van der Waals surface area contributed by atoms with Crippen LogP contribution in [0.25, 0.3) is 0 Å². The number of methoxy groups -OCH3 is 1. The smallest absolute Gasteiger partial charge is 0.194 e. The number of hydrogen-bond donors (Lipinski definition) is 0. The molecule has 1 aliphatic carbocycles. The zero-order valence-electron chi connectivity index (χ0n) is 11.6. The summed E-state index contributed by atoms with van der Waals surface area (Å²) < 4.78 is 11.7. The summed E-state index contributed by atoms with van der Waals surface area (Å²) in [7, 11) is 1.58. The van der Waals surface area contributed by atoms with Crippen molar-refractivity contribution in [1.82, 2.24) is 0 Å². The van der Waals surface area contributed by atoms with Crippen molar-refractivity contribution in [3.05, 3.63) is 58.1 Å². The number of benzene rings is 2. The van der Waals surface area contributed by atoms with E-state index in [9.17, 15) is 4.79 Å². The van der Waals surface area contributed by atoms with Crippen LogP contribution in [0.5, 0.6) is 11.5 Å². The van der Waals surface area contributed by atoms with Crippen LogP contribution in [0.15, 0.2) is 46.9 Å². The summed E-state index contributed by atoms with van der Waals surface area (Å²) >= 11 is 3.42. The molecule has 0 spiro atoms. The Hall–Kier alpha value is -1.81. The molecule has 0 radical (unpaired) electrons. The lowest BCUT2D eigenvalue weighted by molar-refractivity contribution is 0.103. The number of carbonyl (C=O) groups excluding carboxylic acids is 1. The van der Waals surface area contributed by atoms with Gasteiger partial charge in [0.2, 0.25) is 0 Å². The van der Waals surface area contributed by atoms with Crippen LogP contribution in [0, 0.1) is 0 Å². The minimum absolute atomic E-state index is 0.0537. The molecule has 1 aliphatic rings. The molecule has 3 nitrogen and oxygen atoms in total. The number of ketones is 1. The largest absolute Gasteiger partial charge is 0.497 e. The molecular formula is C17H15BrO3. The van der Waals surface area contributed by atoms with Gasteiger partial charge >= 0.3 is 0 Å². The first-order chi connectivity index (χ1) is 10.2. The van der Waals surface area contributed by atoms with Crippen molar-refractivity contribution in [3.8, 4) is 11.5 Å². The first kappa shape index (κ1) is 14.1. The molecule has 2 aromatic rings. The minimum Gasteiger partial charge on any atom is -0.497 e. The number of ether oxygens (including phenoxy) is 2. The van der Waals surface area contributed by atoms with Crippen molar-refractivity contribution in [2.24, 2.45) is 0 Å². The Morgan fingerprint density at radius 2 is 1.95 bits per heavy atom. The molecule has 21 heavy (non-hydrogen) atoms. The highest BCUT2D eigenvalue weighted by molar-refractivity contribution is 9.10. The highest BCUT2D eigenvalue weighted by Gasteiger charge is 2.24. The lowest BCUT2D eigenvalue weighted by Gasteiger charge is -2.09. The van der Waals surface area contributed by atoms with Crippen LogP contribution in [-0.2, 0) is 0 Å². The van der Waals surface area contributed by atoms with Gasteiger partial charge in [0.25, 0.3) is 0 Å². The van der Waals surface area contributed by atoms with E-state index >= 15 is 0 Å². The average molecular weight is 347 g/mol. The van der Waals surface area contributed by atoms with E-state index in [1.54, 1.807) is 25.3 Å². The molecule has 0 saturated heterocycles. The quantitative estimate of drug-likeness (QED) is 0.760. The normalized spacial score (nSPS) is 13.8. The van der Waals surface area contributed by atoms with E-state index < -0.39 is 0 Å². The van der Waals surface area contributed by atoms with Crippen LogP contribution < -0.4 is 9.47 Å². The van der Waals surface area contributed by atoms with Crippen molar-refractivity contribution in [2.75, 3.05) is 7.11 Å². The summed E-state index contributed by atoms with van der Waals surface area (Å²) in [6, 6.07) is 12.7. The minimum atomic E-state index is -0.0537. The molecule has 0 N–H and O–H groups in total. The second-order valence-corrected chi connectivity index (χ2v) is 5.87. The Balaban J connectivity index is 1.90. The van der Waals surface area contributed by atoms with Crippen molar-refractivity contribution in [2.45, 2.75) is 18.9 Å². The molecule has 108 valence electrons. The Kier molecular flexibility index (Phi) is 3.97. The average Bonchev–Trinajstić information content (AvgIpc) is 3.31. The van der Waals surface area contributed by atoms with E-state index in [1.807, 2.05) is 24.3 Å². The van der Waals surface area contributed by atoms with Crippen LogP contribution in [0.3, 0.4) is 0 Å². The number of hydrogen-bond acceptors (Lipinski definition) is 3. The molecule has 0 heterocycles. The van der Waals surface area contributed by atoms with Gasteiger partial charge in [-0.15, -0.1) is 0 Å². The van der Waals surface area contributed by atoms with Crippen molar-refractivity contribution >= 4 is 21.7 Å². The topological polar surface area (TPSA) is 35.5 Å². The summed E-state index contributed by atoms with van der Waals surface area (Å²) in [6.07, 6.45) is 2.51. The van der Waals surface area contributed by atoms with E-state index in [1.165, 1.54) is 0 Å². The summed E-state index contributed by atoms with van der Waals surface area (Å²) in [5.74, 6) is 1.36. The van der Waals surface area contributed by atoms with Crippen LogP contribution in [0.4, 0.5) is 0 Å². The molecule has 0 unspecified atom stereocenters. The molecule has 1 saturated carbocycles. The Morgan fingerprint density at radius 1 is 1.14 bits per heavy atom. The van der Waals surface area contributed by atoms with Crippen LogP contribution in [0.1, 0.15) is 28.8 Å². The maximum atomic E-state index is 12.6. The molecule has 0 aromatic heterocycles. The third-order valence-corrected chi connectivity index (χ3v) is 4.03. The monoisotopic (exact) mass is 346 g/mol. The van der Waals surface area contributed by atoms with Crippen LogP contribution in [0.2, 0.25) is 0 Å². The van der Waals surface area contributed by atoms with Gasteiger partial charge in [0, 0.05) is 15.6 Å². The highest BCUT2D eigenvalue weighted by Crippen LogP contribution is 2.29. The molecule has 0 aliphatic heterocycles. The summed E-state index contributed by atoms with van der Waals surface area (Å²) in [6.45, 7) is 0. The standard InChI is InChI=1S/C17H15BrO3/c1-20-13-7-8-16(18)15(10-13)17(19)11-3-2-4-14(9-11)21-12-5-6-12/h2-4,7-10,12H,5-6H2,1H3. The summed E-state index contributed by atoms with van der Waals surface area (Å²) in [5.41, 5.74) is 1.19. The van der Waals surface area contributed by atoms with Gasteiger partial charge in [-0.2, -0.15) is 0 Å². The Labute approximate surface area is 132 Å². The zero-order valence-corrected chi connectivity index (χ0v) is 13.2. The summed E-state index contributed by atoms with van der Waals surface area (Å²) in [4.78, 5) is 12.6. The van der Waals surface area contributed by atoms with E-state index in [-0.39, 0.29) is 5.78 Å². The molecule has 0 amide bonds. The predicted octanol–water partition coefficient (Wildman–Crippen LogP) is 4.23. The molecule has 2 aromatic carbocycles. The van der Waals surface area contributed by atoms with Gasteiger partial charge in [0.05, 0.1) is 13.2 Å². The lowest BCUT2D eigenvalue weighted by Crippen LogP contribution is -2.04. The van der Waals surface area contributed by atoms with Gasteiger partial charge in [-0.1, -0.05) is 28.1 Å². The maximum Gasteiger partial charge on any atom is 0.194 e. The molecule has 3 rings (SSSR count). The molecule has 0 atom stereocenters. The lowest BCUT2D eigenvalue weighted by atomic mass is 10.0. The van der Waals surface area contributed by atoms with E-state index in [4.69, 9.17) is 9.47 Å². The molecule has 1 fully saturated rings. The first-order valence-electron chi connectivity index (χ1n) is 6.82. The Morgan fingerprint density at radius 3 is 2.67 bits per heavy atom.